The maximum atomic E-state index is 10.3. The summed E-state index contributed by atoms with van der Waals surface area (Å²) in [5.41, 5.74) is -0.649. The van der Waals surface area contributed by atoms with Crippen LogP contribution in [-0.2, 0) is 0 Å². The molecule has 0 aromatic rings. The van der Waals surface area contributed by atoms with Crippen LogP contribution in [0.1, 0.15) is 53.4 Å². The van der Waals surface area contributed by atoms with Crippen molar-refractivity contribution < 1.29 is 5.11 Å². The van der Waals surface area contributed by atoms with Crippen molar-refractivity contribution in [3.8, 4) is 0 Å². The smallest absolute Gasteiger partial charge is 0.194 e. The van der Waals surface area contributed by atoms with Crippen LogP contribution in [0, 0.1) is 5.92 Å². The summed E-state index contributed by atoms with van der Waals surface area (Å²) < 4.78 is 0. The van der Waals surface area contributed by atoms with Crippen LogP contribution < -0.4 is 5.32 Å². The molecule has 0 aliphatic carbocycles. The van der Waals surface area contributed by atoms with Crippen LogP contribution in [0.15, 0.2) is 4.99 Å². The summed E-state index contributed by atoms with van der Waals surface area (Å²) in [7, 11) is 0. The summed E-state index contributed by atoms with van der Waals surface area (Å²) in [5.74, 6) is 1.79. The van der Waals surface area contributed by atoms with E-state index < -0.39 is 5.60 Å². The molecule has 0 aromatic heterocycles. The minimum Gasteiger partial charge on any atom is -0.388 e. The lowest BCUT2D eigenvalue weighted by atomic mass is 9.98. The van der Waals surface area contributed by atoms with Gasteiger partial charge in [0.15, 0.2) is 5.96 Å². The maximum Gasteiger partial charge on any atom is 0.194 e. The van der Waals surface area contributed by atoms with Gasteiger partial charge in [0.1, 0.15) is 0 Å². The van der Waals surface area contributed by atoms with Gasteiger partial charge < -0.3 is 15.3 Å². The van der Waals surface area contributed by atoms with Crippen molar-refractivity contribution in [2.24, 2.45) is 10.9 Å². The molecule has 0 bridgehead atoms. The summed E-state index contributed by atoms with van der Waals surface area (Å²) in [6, 6.07) is 0. The number of rotatable bonds is 5. The largest absolute Gasteiger partial charge is 0.388 e. The van der Waals surface area contributed by atoms with Gasteiger partial charge in [-0.2, -0.15) is 0 Å². The fourth-order valence-corrected chi connectivity index (χ4v) is 2.34. The van der Waals surface area contributed by atoms with Gasteiger partial charge in [-0.15, -0.1) is 24.0 Å². The van der Waals surface area contributed by atoms with Crippen LogP contribution in [0.5, 0.6) is 0 Å². The van der Waals surface area contributed by atoms with E-state index >= 15 is 0 Å². The Balaban J connectivity index is 0.00000361. The van der Waals surface area contributed by atoms with Crippen LogP contribution in [0.3, 0.4) is 0 Å². The Morgan fingerprint density at radius 1 is 1.25 bits per heavy atom. The first-order chi connectivity index (χ1) is 9.04. The zero-order chi connectivity index (χ0) is 14.3. The highest BCUT2D eigenvalue weighted by Crippen LogP contribution is 2.18. The third kappa shape index (κ3) is 6.16. The van der Waals surface area contributed by atoms with Gasteiger partial charge in [-0.1, -0.05) is 20.8 Å². The predicted octanol–water partition coefficient (Wildman–Crippen LogP) is 2.85. The van der Waals surface area contributed by atoms with Gasteiger partial charge in [0.05, 0.1) is 12.1 Å². The number of halogens is 1. The first-order valence-electron chi connectivity index (χ1n) is 7.80. The molecular formula is C15H32IN3O. The number of aliphatic hydroxyl groups is 1. The minimum atomic E-state index is -0.649. The van der Waals surface area contributed by atoms with Crippen molar-refractivity contribution in [3.63, 3.8) is 0 Å². The first-order valence-corrected chi connectivity index (χ1v) is 7.80. The third-order valence-corrected chi connectivity index (χ3v) is 4.26. The second-order valence-corrected chi connectivity index (χ2v) is 5.77. The molecule has 0 saturated carbocycles. The third-order valence-electron chi connectivity index (χ3n) is 4.26. The highest BCUT2D eigenvalue weighted by atomic mass is 127. The van der Waals surface area contributed by atoms with Crippen molar-refractivity contribution in [2.45, 2.75) is 59.0 Å². The molecule has 1 rings (SSSR count). The minimum absolute atomic E-state index is 0. The van der Waals surface area contributed by atoms with Crippen LogP contribution in [0.4, 0.5) is 0 Å². The Morgan fingerprint density at radius 2 is 1.80 bits per heavy atom. The molecule has 0 atom stereocenters. The van der Waals surface area contributed by atoms with E-state index in [0.717, 1.165) is 44.4 Å². The predicted molar refractivity (Wildman–Crippen MR) is 96.9 cm³/mol. The second-order valence-electron chi connectivity index (χ2n) is 5.77. The van der Waals surface area contributed by atoms with Gasteiger partial charge in [0.25, 0.3) is 0 Å². The molecule has 2 N–H and O–H groups in total. The van der Waals surface area contributed by atoms with Crippen molar-refractivity contribution in [1.29, 1.82) is 0 Å². The number of aliphatic imine (C=N–C) groups is 1. The monoisotopic (exact) mass is 397 g/mol. The first kappa shape index (κ1) is 20.0. The number of hydrogen-bond acceptors (Lipinski definition) is 2. The number of nitrogens with zero attached hydrogens (tertiary/aromatic N) is 2. The average molecular weight is 397 g/mol. The Labute approximate surface area is 141 Å². The number of piperidine rings is 1. The molecular weight excluding hydrogens is 365 g/mol. The highest BCUT2D eigenvalue weighted by Gasteiger charge is 2.23. The molecule has 120 valence electrons. The Morgan fingerprint density at radius 3 is 2.25 bits per heavy atom. The zero-order valence-electron chi connectivity index (χ0n) is 13.5. The van der Waals surface area contributed by atoms with Gasteiger partial charge >= 0.3 is 0 Å². The fraction of sp³-hybridized carbons (Fsp3) is 0.933. The summed E-state index contributed by atoms with van der Waals surface area (Å²) >= 11 is 0. The number of likely N-dealkylation sites (tertiary alicyclic amines) is 1. The summed E-state index contributed by atoms with van der Waals surface area (Å²) in [5, 5.41) is 13.7. The molecule has 4 nitrogen and oxygen atoms in total. The van der Waals surface area contributed by atoms with Crippen LogP contribution in [0.2, 0.25) is 0 Å². The van der Waals surface area contributed by atoms with E-state index in [1.54, 1.807) is 0 Å². The van der Waals surface area contributed by atoms with Gasteiger partial charge in [-0.3, -0.25) is 4.99 Å². The normalized spacial score (nSPS) is 17.9. The molecule has 1 aliphatic heterocycles. The fourth-order valence-electron chi connectivity index (χ4n) is 2.34. The summed E-state index contributed by atoms with van der Waals surface area (Å²) in [6.45, 7) is 12.0. The second kappa shape index (κ2) is 9.82. The van der Waals surface area contributed by atoms with Crippen molar-refractivity contribution in [3.05, 3.63) is 0 Å². The molecule has 1 aliphatic rings. The van der Waals surface area contributed by atoms with Crippen molar-refractivity contribution in [2.75, 3.05) is 26.2 Å². The van der Waals surface area contributed by atoms with Gasteiger partial charge in [-0.05, 0) is 38.5 Å². The van der Waals surface area contributed by atoms with E-state index in [4.69, 9.17) is 0 Å². The quantitative estimate of drug-likeness (QED) is 0.426. The summed E-state index contributed by atoms with van der Waals surface area (Å²) in [4.78, 5) is 6.99. The molecule has 0 radical (unpaired) electrons. The lowest BCUT2D eigenvalue weighted by Gasteiger charge is -2.33. The van der Waals surface area contributed by atoms with Crippen LogP contribution >= 0.6 is 24.0 Å². The number of nitrogens with one attached hydrogen (secondary N) is 1. The van der Waals surface area contributed by atoms with E-state index in [1.807, 2.05) is 13.8 Å². The average Bonchev–Trinajstić information content (AvgIpc) is 2.44. The lowest BCUT2D eigenvalue weighted by molar-refractivity contribution is 0.0415. The molecule has 1 heterocycles. The van der Waals surface area contributed by atoms with E-state index in [9.17, 15) is 5.11 Å². The molecule has 0 aromatic carbocycles. The Hall–Kier alpha value is -0.0400. The van der Waals surface area contributed by atoms with Crippen molar-refractivity contribution >= 4 is 29.9 Å². The molecule has 20 heavy (non-hydrogen) atoms. The lowest BCUT2D eigenvalue weighted by Crippen LogP contribution is -2.46. The molecule has 0 unspecified atom stereocenters. The maximum absolute atomic E-state index is 10.3. The van der Waals surface area contributed by atoms with Crippen LogP contribution in [-0.4, -0.2) is 47.7 Å². The molecule has 1 saturated heterocycles. The molecule has 0 amide bonds. The SMILES string of the molecule is CCNC(=NCC(O)(CC)CC)N1CCC(C)CC1.I. The van der Waals surface area contributed by atoms with Crippen LogP contribution in [0.25, 0.3) is 0 Å². The van der Waals surface area contributed by atoms with E-state index in [2.05, 4.69) is 29.1 Å². The van der Waals surface area contributed by atoms with Gasteiger partial charge in [0.2, 0.25) is 0 Å². The van der Waals surface area contributed by atoms with E-state index in [1.165, 1.54) is 12.8 Å². The molecule has 1 fully saturated rings. The number of hydrogen-bond donors (Lipinski definition) is 2. The van der Waals surface area contributed by atoms with E-state index in [0.29, 0.717) is 6.54 Å². The van der Waals surface area contributed by atoms with Gasteiger partial charge in [0, 0.05) is 19.6 Å². The zero-order valence-corrected chi connectivity index (χ0v) is 15.8. The Bertz CT molecular complexity index is 285. The van der Waals surface area contributed by atoms with Gasteiger partial charge in [-0.25, -0.2) is 0 Å². The summed E-state index contributed by atoms with van der Waals surface area (Å²) in [6.07, 6.45) is 3.97. The standard InChI is InChI=1S/C15H31N3O.HI/c1-5-15(19,6-2)12-17-14(16-7-3)18-10-8-13(4)9-11-18;/h13,19H,5-12H2,1-4H3,(H,16,17);1H. The topological polar surface area (TPSA) is 47.9 Å². The molecule has 5 heteroatoms. The Kier molecular flexibility index (Phi) is 9.80. The van der Waals surface area contributed by atoms with Crippen molar-refractivity contribution in [1.82, 2.24) is 10.2 Å². The van der Waals surface area contributed by atoms with E-state index in [-0.39, 0.29) is 24.0 Å². The highest BCUT2D eigenvalue weighted by molar-refractivity contribution is 14.0. The molecule has 0 spiro atoms. The number of guanidine groups is 1.